The van der Waals surface area contributed by atoms with E-state index in [4.69, 9.17) is 0 Å². The Bertz CT molecular complexity index is 662. The highest BCUT2D eigenvalue weighted by molar-refractivity contribution is 5.86. The Hall–Kier alpha value is -2.09. The van der Waals surface area contributed by atoms with Gasteiger partial charge in [-0.2, -0.15) is 0 Å². The molecule has 20 heavy (non-hydrogen) atoms. The van der Waals surface area contributed by atoms with Crippen molar-refractivity contribution < 1.29 is 4.79 Å². The smallest absolute Gasteiger partial charge is 0.227 e. The molecule has 0 saturated carbocycles. The number of fused-ring (bicyclic) bond motifs is 3. The molecule has 1 saturated heterocycles. The minimum Gasteiger partial charge on any atom is -0.335 e. The molecule has 2 heterocycles. The molecule has 100 valence electrons. The van der Waals surface area contributed by atoms with E-state index in [0.717, 1.165) is 19.4 Å². The molecule has 2 aromatic rings. The molecule has 2 aliphatic rings. The summed E-state index contributed by atoms with van der Waals surface area (Å²) in [7, 11) is 0. The van der Waals surface area contributed by atoms with Gasteiger partial charge in [0.1, 0.15) is 0 Å². The lowest BCUT2D eigenvalue weighted by molar-refractivity contribution is -0.132. The van der Waals surface area contributed by atoms with E-state index in [2.05, 4.69) is 47.4 Å². The van der Waals surface area contributed by atoms with Gasteiger partial charge in [0.25, 0.3) is 0 Å². The van der Waals surface area contributed by atoms with Crippen molar-refractivity contribution in [2.45, 2.75) is 25.3 Å². The van der Waals surface area contributed by atoms with Gasteiger partial charge in [-0.25, -0.2) is 0 Å². The topological polar surface area (TPSA) is 20.3 Å². The number of carbonyl (C=O) groups is 1. The molecule has 2 aromatic carbocycles. The fraction of sp³-hybridized carbons (Fsp3) is 0.278. The standard InChI is InChI=1S/C18H17NO/c20-18-12-16-14(13-6-2-1-3-7-13)8-4-9-15(16)17-10-5-11-19(17)18/h1-4,6-9,17H,5,10-12H2. The first kappa shape index (κ1) is 11.7. The maximum Gasteiger partial charge on any atom is 0.227 e. The Morgan fingerprint density at radius 1 is 1.00 bits per heavy atom. The van der Waals surface area contributed by atoms with Crippen LogP contribution in [0.3, 0.4) is 0 Å². The first-order valence-electron chi connectivity index (χ1n) is 7.31. The highest BCUT2D eigenvalue weighted by Crippen LogP contribution is 2.41. The second-order valence-electron chi connectivity index (χ2n) is 5.66. The van der Waals surface area contributed by atoms with Crippen molar-refractivity contribution in [3.05, 3.63) is 59.7 Å². The van der Waals surface area contributed by atoms with Crippen molar-refractivity contribution in [2.24, 2.45) is 0 Å². The van der Waals surface area contributed by atoms with Crippen molar-refractivity contribution in [3.8, 4) is 11.1 Å². The Kier molecular flexibility index (Phi) is 2.62. The summed E-state index contributed by atoms with van der Waals surface area (Å²) >= 11 is 0. The van der Waals surface area contributed by atoms with Crippen LogP contribution in [0.2, 0.25) is 0 Å². The van der Waals surface area contributed by atoms with Gasteiger partial charge in [-0.05, 0) is 35.1 Å². The molecule has 4 rings (SSSR count). The van der Waals surface area contributed by atoms with Gasteiger partial charge in [-0.1, -0.05) is 48.5 Å². The highest BCUT2D eigenvalue weighted by atomic mass is 16.2. The molecule has 1 unspecified atom stereocenters. The molecule has 0 N–H and O–H groups in total. The summed E-state index contributed by atoms with van der Waals surface area (Å²) in [6.07, 6.45) is 2.79. The molecule has 0 bridgehead atoms. The summed E-state index contributed by atoms with van der Waals surface area (Å²) in [6.45, 7) is 0.929. The van der Waals surface area contributed by atoms with E-state index in [9.17, 15) is 4.79 Å². The van der Waals surface area contributed by atoms with E-state index in [-0.39, 0.29) is 0 Å². The average molecular weight is 263 g/mol. The van der Waals surface area contributed by atoms with Crippen molar-refractivity contribution in [1.29, 1.82) is 0 Å². The van der Waals surface area contributed by atoms with E-state index in [1.54, 1.807) is 0 Å². The lowest BCUT2D eigenvalue weighted by atomic mass is 9.86. The second kappa shape index (κ2) is 4.48. The average Bonchev–Trinajstić information content (AvgIpc) is 2.98. The molecule has 0 aliphatic carbocycles. The third-order valence-electron chi connectivity index (χ3n) is 4.56. The monoisotopic (exact) mass is 263 g/mol. The van der Waals surface area contributed by atoms with Crippen molar-refractivity contribution in [2.75, 3.05) is 6.54 Å². The number of benzene rings is 2. The van der Waals surface area contributed by atoms with Crippen LogP contribution >= 0.6 is 0 Å². The number of carbonyl (C=O) groups excluding carboxylic acids is 1. The van der Waals surface area contributed by atoms with Crippen LogP contribution in [0.1, 0.15) is 30.0 Å². The summed E-state index contributed by atoms with van der Waals surface area (Å²) in [6, 6.07) is 17.2. The number of rotatable bonds is 1. The zero-order valence-corrected chi connectivity index (χ0v) is 11.4. The van der Waals surface area contributed by atoms with Crippen LogP contribution in [0.15, 0.2) is 48.5 Å². The van der Waals surface area contributed by atoms with Gasteiger partial charge < -0.3 is 4.90 Å². The van der Waals surface area contributed by atoms with E-state index >= 15 is 0 Å². The van der Waals surface area contributed by atoms with Gasteiger partial charge in [0.05, 0.1) is 12.5 Å². The number of hydrogen-bond acceptors (Lipinski definition) is 1. The minimum atomic E-state index is 0.295. The molecule has 2 heteroatoms. The molecule has 1 fully saturated rings. The lowest BCUT2D eigenvalue weighted by Gasteiger charge is -2.33. The van der Waals surface area contributed by atoms with Gasteiger partial charge in [0, 0.05) is 6.54 Å². The van der Waals surface area contributed by atoms with Crippen LogP contribution in [0, 0.1) is 0 Å². The van der Waals surface area contributed by atoms with Crippen LogP contribution in [-0.4, -0.2) is 17.4 Å². The maximum absolute atomic E-state index is 12.3. The van der Waals surface area contributed by atoms with Gasteiger partial charge in [-0.15, -0.1) is 0 Å². The predicted octanol–water partition coefficient (Wildman–Crippen LogP) is 3.57. The molecule has 2 nitrogen and oxygen atoms in total. The SMILES string of the molecule is O=C1Cc2c(-c3ccccc3)cccc2C2CCCN12. The fourth-order valence-electron chi connectivity index (χ4n) is 3.64. The third kappa shape index (κ3) is 1.68. The summed E-state index contributed by atoms with van der Waals surface area (Å²) in [5, 5.41) is 0. The molecule has 1 atom stereocenters. The largest absolute Gasteiger partial charge is 0.335 e. The molecule has 0 aromatic heterocycles. The van der Waals surface area contributed by atoms with Crippen molar-refractivity contribution in [1.82, 2.24) is 4.90 Å². The van der Waals surface area contributed by atoms with Gasteiger partial charge in [-0.3, -0.25) is 4.79 Å². The molecule has 0 radical (unpaired) electrons. The van der Waals surface area contributed by atoms with Crippen molar-refractivity contribution in [3.63, 3.8) is 0 Å². The van der Waals surface area contributed by atoms with Crippen LogP contribution in [-0.2, 0) is 11.2 Å². The Morgan fingerprint density at radius 3 is 2.70 bits per heavy atom. The quantitative estimate of drug-likeness (QED) is 0.770. The zero-order valence-electron chi connectivity index (χ0n) is 11.4. The second-order valence-corrected chi connectivity index (χ2v) is 5.66. The highest BCUT2D eigenvalue weighted by Gasteiger charge is 2.36. The lowest BCUT2D eigenvalue weighted by Crippen LogP contribution is -2.36. The summed E-state index contributed by atoms with van der Waals surface area (Å²) in [5.41, 5.74) is 5.04. The molecular formula is C18H17NO. The molecule has 0 spiro atoms. The number of hydrogen-bond donors (Lipinski definition) is 0. The Balaban J connectivity index is 1.89. The van der Waals surface area contributed by atoms with Crippen LogP contribution in [0.25, 0.3) is 11.1 Å². The van der Waals surface area contributed by atoms with E-state index in [0.29, 0.717) is 18.4 Å². The van der Waals surface area contributed by atoms with Gasteiger partial charge >= 0.3 is 0 Å². The van der Waals surface area contributed by atoms with Gasteiger partial charge in [0.2, 0.25) is 5.91 Å². The zero-order chi connectivity index (χ0) is 13.5. The van der Waals surface area contributed by atoms with Crippen LogP contribution < -0.4 is 0 Å². The normalized spacial score (nSPS) is 20.7. The summed E-state index contributed by atoms with van der Waals surface area (Å²) in [4.78, 5) is 14.4. The third-order valence-corrected chi connectivity index (χ3v) is 4.56. The van der Waals surface area contributed by atoms with E-state index in [1.807, 2.05) is 6.07 Å². The summed E-state index contributed by atoms with van der Waals surface area (Å²) < 4.78 is 0. The summed E-state index contributed by atoms with van der Waals surface area (Å²) in [5.74, 6) is 0.295. The van der Waals surface area contributed by atoms with Crippen molar-refractivity contribution >= 4 is 5.91 Å². The van der Waals surface area contributed by atoms with Gasteiger partial charge in [0.15, 0.2) is 0 Å². The van der Waals surface area contributed by atoms with E-state index in [1.165, 1.54) is 22.3 Å². The number of nitrogens with zero attached hydrogens (tertiary/aromatic N) is 1. The molecule has 1 amide bonds. The fourth-order valence-corrected chi connectivity index (χ4v) is 3.64. The van der Waals surface area contributed by atoms with E-state index < -0.39 is 0 Å². The maximum atomic E-state index is 12.3. The minimum absolute atomic E-state index is 0.295. The molecule has 2 aliphatic heterocycles. The molecular weight excluding hydrogens is 246 g/mol. The first-order valence-corrected chi connectivity index (χ1v) is 7.31. The Morgan fingerprint density at radius 2 is 1.85 bits per heavy atom. The predicted molar refractivity (Wildman–Crippen MR) is 79.3 cm³/mol. The Labute approximate surface area is 119 Å². The number of amides is 1. The van der Waals surface area contributed by atoms with Crippen LogP contribution in [0.4, 0.5) is 0 Å². The van der Waals surface area contributed by atoms with Crippen LogP contribution in [0.5, 0.6) is 0 Å². The first-order chi connectivity index (χ1) is 9.84.